The van der Waals surface area contributed by atoms with E-state index in [4.69, 9.17) is 4.42 Å². The predicted molar refractivity (Wildman–Crippen MR) is 99.9 cm³/mol. The van der Waals surface area contributed by atoms with E-state index in [1.807, 2.05) is 48.5 Å². The monoisotopic (exact) mass is 333 g/mol. The molecule has 0 aliphatic carbocycles. The van der Waals surface area contributed by atoms with Gasteiger partial charge in [0.2, 0.25) is 5.78 Å². The first-order valence-corrected chi connectivity index (χ1v) is 9.12. The van der Waals surface area contributed by atoms with Crippen LogP contribution in [-0.4, -0.2) is 29.8 Å². The molecular weight excluding hydrogens is 310 g/mol. The molecule has 1 aromatic heterocycles. The number of benzene rings is 2. The summed E-state index contributed by atoms with van der Waals surface area (Å²) in [7, 11) is 0. The van der Waals surface area contributed by atoms with Crippen molar-refractivity contribution in [2.24, 2.45) is 0 Å². The van der Waals surface area contributed by atoms with Crippen LogP contribution in [0.5, 0.6) is 0 Å². The fraction of sp³-hybridized carbons (Fsp3) is 0.318. The Morgan fingerprint density at radius 3 is 2.44 bits per heavy atom. The molecule has 2 aromatic carbocycles. The third-order valence-corrected chi connectivity index (χ3v) is 5.07. The molecule has 1 fully saturated rings. The van der Waals surface area contributed by atoms with E-state index >= 15 is 0 Å². The van der Waals surface area contributed by atoms with Gasteiger partial charge in [-0.1, -0.05) is 55.0 Å². The van der Waals surface area contributed by atoms with Gasteiger partial charge in [0.1, 0.15) is 5.58 Å². The molecule has 3 aromatic rings. The van der Waals surface area contributed by atoms with E-state index in [-0.39, 0.29) is 11.8 Å². The van der Waals surface area contributed by atoms with Crippen molar-refractivity contribution in [1.82, 2.24) is 4.90 Å². The van der Waals surface area contributed by atoms with Gasteiger partial charge >= 0.3 is 0 Å². The average Bonchev–Trinajstić information content (AvgIpc) is 3.11. The summed E-state index contributed by atoms with van der Waals surface area (Å²) in [5.41, 5.74) is 1.98. The van der Waals surface area contributed by atoms with E-state index in [0.717, 1.165) is 30.5 Å². The molecule has 1 saturated heterocycles. The largest absolute Gasteiger partial charge is 0.453 e. The van der Waals surface area contributed by atoms with Crippen molar-refractivity contribution in [3.8, 4) is 0 Å². The summed E-state index contributed by atoms with van der Waals surface area (Å²) in [5.74, 6) is 0.578. The number of Topliss-reactive ketones (excluding diaryl/α,β-unsaturated/α-hetero) is 1. The molecule has 1 aliphatic rings. The minimum atomic E-state index is -0.150. The van der Waals surface area contributed by atoms with Crippen LogP contribution in [0.2, 0.25) is 0 Å². The van der Waals surface area contributed by atoms with E-state index in [2.05, 4.69) is 17.0 Å². The molecule has 128 valence electrons. The van der Waals surface area contributed by atoms with Crippen LogP contribution in [0.15, 0.2) is 65.1 Å². The van der Waals surface area contributed by atoms with Crippen LogP contribution in [0, 0.1) is 0 Å². The molecule has 25 heavy (non-hydrogen) atoms. The second-order valence-electron chi connectivity index (χ2n) is 6.81. The van der Waals surface area contributed by atoms with Gasteiger partial charge in [0.05, 0.1) is 6.04 Å². The number of likely N-dealkylation sites (tertiary alicyclic amines) is 1. The predicted octanol–water partition coefficient (Wildman–Crippen LogP) is 4.71. The SMILES string of the molecule is O=C(c1cc2ccccc2o1)C(Cc1ccccc1)N1CCCCC1. The fourth-order valence-corrected chi connectivity index (χ4v) is 3.72. The molecule has 3 heteroatoms. The lowest BCUT2D eigenvalue weighted by molar-refractivity contribution is 0.0756. The highest BCUT2D eigenvalue weighted by atomic mass is 16.3. The number of nitrogens with zero attached hydrogens (tertiary/aromatic N) is 1. The van der Waals surface area contributed by atoms with E-state index in [0.29, 0.717) is 5.76 Å². The van der Waals surface area contributed by atoms with Crippen LogP contribution < -0.4 is 0 Å². The van der Waals surface area contributed by atoms with Gasteiger partial charge in [0.25, 0.3) is 0 Å². The van der Waals surface area contributed by atoms with Gasteiger partial charge in [0, 0.05) is 5.39 Å². The maximum atomic E-state index is 13.3. The Labute approximate surface area is 148 Å². The van der Waals surface area contributed by atoms with Gasteiger partial charge in [-0.25, -0.2) is 0 Å². The molecule has 1 atom stereocenters. The van der Waals surface area contributed by atoms with Crippen molar-refractivity contribution >= 4 is 16.8 Å². The van der Waals surface area contributed by atoms with Crippen LogP contribution in [0.4, 0.5) is 0 Å². The van der Waals surface area contributed by atoms with Crippen molar-refractivity contribution in [1.29, 1.82) is 0 Å². The zero-order chi connectivity index (χ0) is 17.1. The third kappa shape index (κ3) is 3.52. The maximum Gasteiger partial charge on any atom is 0.215 e. The summed E-state index contributed by atoms with van der Waals surface area (Å²) in [5, 5.41) is 0.989. The second kappa shape index (κ2) is 7.24. The van der Waals surface area contributed by atoms with Crippen molar-refractivity contribution in [2.75, 3.05) is 13.1 Å². The zero-order valence-corrected chi connectivity index (χ0v) is 14.4. The normalized spacial score (nSPS) is 16.8. The Morgan fingerprint density at radius 1 is 0.960 bits per heavy atom. The standard InChI is InChI=1S/C22H23NO2/c24-22(21-16-18-11-5-6-12-20(18)25-21)19(23-13-7-2-8-14-23)15-17-9-3-1-4-10-17/h1,3-6,9-12,16,19H,2,7-8,13-15H2. The lowest BCUT2D eigenvalue weighted by Crippen LogP contribution is -2.45. The molecule has 1 aliphatic heterocycles. The topological polar surface area (TPSA) is 33.5 Å². The van der Waals surface area contributed by atoms with Gasteiger partial charge in [0.15, 0.2) is 5.76 Å². The quantitative estimate of drug-likeness (QED) is 0.634. The second-order valence-corrected chi connectivity index (χ2v) is 6.81. The first kappa shape index (κ1) is 16.1. The first-order valence-electron chi connectivity index (χ1n) is 9.12. The summed E-state index contributed by atoms with van der Waals surface area (Å²) in [6, 6.07) is 19.8. The highest BCUT2D eigenvalue weighted by Crippen LogP contribution is 2.24. The van der Waals surface area contributed by atoms with E-state index in [1.54, 1.807) is 0 Å². The number of para-hydroxylation sites is 1. The van der Waals surface area contributed by atoms with E-state index < -0.39 is 0 Å². The smallest absolute Gasteiger partial charge is 0.215 e. The van der Waals surface area contributed by atoms with Crippen molar-refractivity contribution < 1.29 is 9.21 Å². The van der Waals surface area contributed by atoms with Crippen LogP contribution in [0.1, 0.15) is 35.4 Å². The highest BCUT2D eigenvalue weighted by Gasteiger charge is 2.30. The zero-order valence-electron chi connectivity index (χ0n) is 14.4. The van der Waals surface area contributed by atoms with Gasteiger partial charge in [-0.3, -0.25) is 9.69 Å². The Kier molecular flexibility index (Phi) is 4.66. The van der Waals surface area contributed by atoms with Crippen LogP contribution >= 0.6 is 0 Å². The van der Waals surface area contributed by atoms with Gasteiger partial charge < -0.3 is 4.42 Å². The molecule has 1 unspecified atom stereocenters. The number of furan rings is 1. The Hall–Kier alpha value is -2.39. The minimum Gasteiger partial charge on any atom is -0.453 e. The molecule has 0 amide bonds. The van der Waals surface area contributed by atoms with Gasteiger partial charge in [-0.05, 0) is 50.0 Å². The lowest BCUT2D eigenvalue weighted by Gasteiger charge is -2.33. The summed E-state index contributed by atoms with van der Waals surface area (Å²) in [6.45, 7) is 1.98. The summed E-state index contributed by atoms with van der Waals surface area (Å²) >= 11 is 0. The summed E-state index contributed by atoms with van der Waals surface area (Å²) in [4.78, 5) is 15.6. The minimum absolute atomic E-state index is 0.0990. The van der Waals surface area contributed by atoms with Crippen molar-refractivity contribution in [3.05, 3.63) is 72.0 Å². The molecule has 4 rings (SSSR count). The number of carbonyl (C=O) groups excluding carboxylic acids is 1. The third-order valence-electron chi connectivity index (χ3n) is 5.07. The summed E-state index contributed by atoms with van der Waals surface area (Å²) < 4.78 is 5.86. The number of fused-ring (bicyclic) bond motifs is 1. The van der Waals surface area contributed by atoms with Gasteiger partial charge in [-0.15, -0.1) is 0 Å². The highest BCUT2D eigenvalue weighted by molar-refractivity contribution is 6.01. The van der Waals surface area contributed by atoms with Crippen molar-refractivity contribution in [2.45, 2.75) is 31.7 Å². The van der Waals surface area contributed by atoms with Crippen LogP contribution in [0.3, 0.4) is 0 Å². The number of carbonyl (C=O) groups is 1. The first-order chi connectivity index (χ1) is 12.3. The van der Waals surface area contributed by atoms with Crippen molar-refractivity contribution in [3.63, 3.8) is 0 Å². The van der Waals surface area contributed by atoms with Gasteiger partial charge in [-0.2, -0.15) is 0 Å². The Balaban J connectivity index is 1.64. The molecule has 2 heterocycles. The number of hydrogen-bond acceptors (Lipinski definition) is 3. The molecule has 0 bridgehead atoms. The molecule has 3 nitrogen and oxygen atoms in total. The van der Waals surface area contributed by atoms with E-state index in [1.165, 1.54) is 24.8 Å². The number of rotatable bonds is 5. The molecule has 0 radical (unpaired) electrons. The van der Waals surface area contributed by atoms with E-state index in [9.17, 15) is 4.79 Å². The lowest BCUT2D eigenvalue weighted by atomic mass is 9.97. The van der Waals surface area contributed by atoms with Crippen LogP contribution in [0.25, 0.3) is 11.0 Å². The number of hydrogen-bond donors (Lipinski definition) is 0. The molecule has 0 N–H and O–H groups in total. The number of ketones is 1. The average molecular weight is 333 g/mol. The molecule has 0 spiro atoms. The molecule has 0 saturated carbocycles. The summed E-state index contributed by atoms with van der Waals surface area (Å²) in [6.07, 6.45) is 4.32. The molecular formula is C22H23NO2. The Bertz CT molecular complexity index is 814. The fourth-order valence-electron chi connectivity index (χ4n) is 3.72. The Morgan fingerprint density at radius 2 is 1.68 bits per heavy atom. The number of piperidine rings is 1. The maximum absolute atomic E-state index is 13.3. The van der Waals surface area contributed by atoms with Crippen LogP contribution in [-0.2, 0) is 6.42 Å².